The first kappa shape index (κ1) is 15.0. The number of hydrogen-bond acceptors (Lipinski definition) is 2. The Bertz CT molecular complexity index is 470. The first-order valence-corrected chi connectivity index (χ1v) is 7.27. The predicted octanol–water partition coefficient (Wildman–Crippen LogP) is 3.54. The molecule has 0 amide bonds. The van der Waals surface area contributed by atoms with E-state index in [1.54, 1.807) is 12.1 Å². The standard InChI is InChI=1S/C16H22FNO2/c1-18(10-12-6-3-2-4-7-12)11-13-8-5-9-14(15(13)17)16(19)20/h5,8-9,12H,2-4,6-7,10-11H2,1H3,(H,19,20). The van der Waals surface area contributed by atoms with Crippen LogP contribution in [0.2, 0.25) is 0 Å². The molecule has 0 heterocycles. The normalized spacial score (nSPS) is 16.6. The molecule has 4 heteroatoms. The van der Waals surface area contributed by atoms with Gasteiger partial charge in [0.05, 0.1) is 5.56 Å². The van der Waals surface area contributed by atoms with Gasteiger partial charge in [-0.15, -0.1) is 0 Å². The molecule has 0 atom stereocenters. The van der Waals surface area contributed by atoms with Crippen molar-refractivity contribution in [2.24, 2.45) is 5.92 Å². The molecule has 1 aliphatic carbocycles. The zero-order chi connectivity index (χ0) is 14.5. The minimum Gasteiger partial charge on any atom is -0.478 e. The van der Waals surface area contributed by atoms with Gasteiger partial charge in [-0.2, -0.15) is 0 Å². The van der Waals surface area contributed by atoms with Crippen molar-refractivity contribution in [3.63, 3.8) is 0 Å². The first-order valence-electron chi connectivity index (χ1n) is 7.27. The molecule has 1 N–H and O–H groups in total. The molecule has 0 bridgehead atoms. The number of hydrogen-bond donors (Lipinski definition) is 1. The smallest absolute Gasteiger partial charge is 0.338 e. The molecule has 0 radical (unpaired) electrons. The molecule has 0 aliphatic heterocycles. The van der Waals surface area contributed by atoms with E-state index >= 15 is 0 Å². The zero-order valence-corrected chi connectivity index (χ0v) is 11.9. The van der Waals surface area contributed by atoms with Gasteiger partial charge in [0, 0.05) is 18.7 Å². The van der Waals surface area contributed by atoms with Crippen molar-refractivity contribution in [3.05, 3.63) is 35.1 Å². The number of carboxylic acids is 1. The SMILES string of the molecule is CN(Cc1cccc(C(=O)O)c1F)CC1CCCCC1. The molecule has 3 nitrogen and oxygen atoms in total. The minimum atomic E-state index is -1.21. The largest absolute Gasteiger partial charge is 0.478 e. The van der Waals surface area contributed by atoms with Crippen LogP contribution in [0.15, 0.2) is 18.2 Å². The lowest BCUT2D eigenvalue weighted by molar-refractivity contribution is 0.0691. The highest BCUT2D eigenvalue weighted by atomic mass is 19.1. The summed E-state index contributed by atoms with van der Waals surface area (Å²) in [5, 5.41) is 8.93. The summed E-state index contributed by atoms with van der Waals surface area (Å²) in [5.41, 5.74) is 0.219. The van der Waals surface area contributed by atoms with Crippen LogP contribution in [0.25, 0.3) is 0 Å². The van der Waals surface area contributed by atoms with Gasteiger partial charge in [-0.3, -0.25) is 0 Å². The van der Waals surface area contributed by atoms with Crippen LogP contribution in [0.3, 0.4) is 0 Å². The van der Waals surface area contributed by atoms with E-state index in [2.05, 4.69) is 4.90 Å². The fraction of sp³-hybridized carbons (Fsp3) is 0.562. The summed E-state index contributed by atoms with van der Waals surface area (Å²) in [6.45, 7) is 1.42. The van der Waals surface area contributed by atoms with Crippen molar-refractivity contribution >= 4 is 5.97 Å². The van der Waals surface area contributed by atoms with Crippen molar-refractivity contribution < 1.29 is 14.3 Å². The van der Waals surface area contributed by atoms with E-state index in [1.165, 1.54) is 38.2 Å². The maximum absolute atomic E-state index is 14.1. The second-order valence-corrected chi connectivity index (χ2v) is 5.78. The van der Waals surface area contributed by atoms with Gasteiger partial charge < -0.3 is 10.0 Å². The first-order chi connectivity index (χ1) is 9.58. The quantitative estimate of drug-likeness (QED) is 0.896. The Hall–Kier alpha value is -1.42. The van der Waals surface area contributed by atoms with Crippen LogP contribution in [0.1, 0.15) is 48.0 Å². The van der Waals surface area contributed by atoms with E-state index < -0.39 is 11.8 Å². The number of carboxylic acid groups (broad SMARTS) is 1. The Morgan fingerprint density at radius 1 is 1.35 bits per heavy atom. The number of halogens is 1. The summed E-state index contributed by atoms with van der Waals surface area (Å²) in [6, 6.07) is 4.58. The zero-order valence-electron chi connectivity index (χ0n) is 11.9. The van der Waals surface area contributed by atoms with Crippen LogP contribution in [0, 0.1) is 11.7 Å². The minimum absolute atomic E-state index is 0.242. The molecule has 0 unspecified atom stereocenters. The maximum Gasteiger partial charge on any atom is 0.338 e. The fourth-order valence-corrected chi connectivity index (χ4v) is 3.03. The Labute approximate surface area is 119 Å². The van der Waals surface area contributed by atoms with E-state index in [-0.39, 0.29) is 5.56 Å². The highest BCUT2D eigenvalue weighted by Gasteiger charge is 2.18. The second kappa shape index (κ2) is 6.84. The Morgan fingerprint density at radius 2 is 2.05 bits per heavy atom. The van der Waals surface area contributed by atoms with Gasteiger partial charge in [-0.1, -0.05) is 31.4 Å². The fourth-order valence-electron chi connectivity index (χ4n) is 3.03. The highest BCUT2D eigenvalue weighted by molar-refractivity contribution is 5.88. The van der Waals surface area contributed by atoms with E-state index in [4.69, 9.17) is 5.11 Å². The molecule has 1 aromatic rings. The summed E-state index contributed by atoms with van der Waals surface area (Å²) in [5.74, 6) is -1.12. The Balaban J connectivity index is 1.98. The van der Waals surface area contributed by atoms with Crippen LogP contribution >= 0.6 is 0 Å². The third-order valence-electron chi connectivity index (χ3n) is 4.04. The van der Waals surface area contributed by atoms with E-state index in [0.29, 0.717) is 18.0 Å². The molecule has 2 rings (SSSR count). The number of rotatable bonds is 5. The lowest BCUT2D eigenvalue weighted by Crippen LogP contribution is -2.27. The third-order valence-corrected chi connectivity index (χ3v) is 4.04. The number of aromatic carboxylic acids is 1. The van der Waals surface area contributed by atoms with Crippen LogP contribution < -0.4 is 0 Å². The van der Waals surface area contributed by atoms with Gasteiger partial charge in [0.25, 0.3) is 0 Å². The molecule has 0 saturated heterocycles. The van der Waals surface area contributed by atoms with Gasteiger partial charge in [-0.05, 0) is 31.9 Å². The van der Waals surface area contributed by atoms with Gasteiger partial charge in [0.15, 0.2) is 0 Å². The molecule has 1 aliphatic rings. The Morgan fingerprint density at radius 3 is 2.70 bits per heavy atom. The molecule has 110 valence electrons. The van der Waals surface area contributed by atoms with Gasteiger partial charge in [-0.25, -0.2) is 9.18 Å². The van der Waals surface area contributed by atoms with Gasteiger partial charge in [0.1, 0.15) is 5.82 Å². The summed E-state index contributed by atoms with van der Waals surface area (Å²) in [4.78, 5) is 13.0. The van der Waals surface area contributed by atoms with Crippen molar-refractivity contribution in [2.75, 3.05) is 13.6 Å². The monoisotopic (exact) mass is 279 g/mol. The average Bonchev–Trinajstić information content (AvgIpc) is 2.42. The summed E-state index contributed by atoms with van der Waals surface area (Å²) >= 11 is 0. The van der Waals surface area contributed by atoms with Crippen LogP contribution in [-0.2, 0) is 6.54 Å². The van der Waals surface area contributed by atoms with E-state index in [1.807, 2.05) is 7.05 Å². The molecular weight excluding hydrogens is 257 g/mol. The molecule has 0 spiro atoms. The highest BCUT2D eigenvalue weighted by Crippen LogP contribution is 2.25. The van der Waals surface area contributed by atoms with E-state index in [0.717, 1.165) is 6.54 Å². The van der Waals surface area contributed by atoms with Crippen molar-refractivity contribution in [1.29, 1.82) is 0 Å². The molecule has 20 heavy (non-hydrogen) atoms. The number of carbonyl (C=O) groups is 1. The van der Waals surface area contributed by atoms with E-state index in [9.17, 15) is 9.18 Å². The number of benzene rings is 1. The Kier molecular flexibility index (Phi) is 5.12. The predicted molar refractivity (Wildman–Crippen MR) is 76.3 cm³/mol. The van der Waals surface area contributed by atoms with Crippen LogP contribution in [0.4, 0.5) is 4.39 Å². The lowest BCUT2D eigenvalue weighted by atomic mass is 9.89. The molecule has 1 fully saturated rings. The number of nitrogens with zero attached hydrogens (tertiary/aromatic N) is 1. The molecule has 0 aromatic heterocycles. The van der Waals surface area contributed by atoms with Gasteiger partial charge in [0.2, 0.25) is 0 Å². The summed E-state index contributed by atoms with van der Waals surface area (Å²) < 4.78 is 14.1. The van der Waals surface area contributed by atoms with Crippen molar-refractivity contribution in [1.82, 2.24) is 4.90 Å². The van der Waals surface area contributed by atoms with Crippen LogP contribution in [-0.4, -0.2) is 29.6 Å². The lowest BCUT2D eigenvalue weighted by Gasteiger charge is -2.27. The van der Waals surface area contributed by atoms with Gasteiger partial charge >= 0.3 is 5.97 Å². The summed E-state index contributed by atoms with van der Waals surface area (Å²) in [7, 11) is 1.97. The van der Waals surface area contributed by atoms with Crippen molar-refractivity contribution in [3.8, 4) is 0 Å². The average molecular weight is 279 g/mol. The third kappa shape index (κ3) is 3.79. The maximum atomic E-state index is 14.1. The second-order valence-electron chi connectivity index (χ2n) is 5.78. The molecule has 1 aromatic carbocycles. The molecular formula is C16H22FNO2. The summed E-state index contributed by atoms with van der Waals surface area (Å²) in [6.07, 6.45) is 6.42. The topological polar surface area (TPSA) is 40.5 Å². The van der Waals surface area contributed by atoms with Crippen molar-refractivity contribution in [2.45, 2.75) is 38.6 Å². The van der Waals surface area contributed by atoms with Crippen LogP contribution in [0.5, 0.6) is 0 Å². The molecule has 1 saturated carbocycles.